The summed E-state index contributed by atoms with van der Waals surface area (Å²) in [6.07, 6.45) is 2.41. The molecular formula is C18H23F3N6. The lowest BCUT2D eigenvalue weighted by Crippen LogP contribution is -2.45. The summed E-state index contributed by atoms with van der Waals surface area (Å²) in [4.78, 5) is 10.5. The molecule has 0 spiro atoms. The Morgan fingerprint density at radius 2 is 1.85 bits per heavy atom. The molecule has 27 heavy (non-hydrogen) atoms. The fourth-order valence-corrected chi connectivity index (χ4v) is 3.71. The highest BCUT2D eigenvalue weighted by Gasteiger charge is 2.37. The predicted molar refractivity (Wildman–Crippen MR) is 94.1 cm³/mol. The summed E-state index contributed by atoms with van der Waals surface area (Å²) in [7, 11) is 1.91. The van der Waals surface area contributed by atoms with Crippen molar-refractivity contribution >= 4 is 5.82 Å². The van der Waals surface area contributed by atoms with Crippen LogP contribution in [0, 0.1) is 5.92 Å². The molecule has 2 aromatic heterocycles. The molecule has 1 aliphatic heterocycles. The van der Waals surface area contributed by atoms with Crippen LogP contribution in [-0.4, -0.2) is 38.9 Å². The van der Waals surface area contributed by atoms with Crippen LogP contribution in [0.15, 0.2) is 24.7 Å². The molecular weight excluding hydrogens is 357 g/mol. The number of pyridine rings is 1. The van der Waals surface area contributed by atoms with E-state index in [0.29, 0.717) is 17.8 Å². The zero-order chi connectivity index (χ0) is 19.0. The Morgan fingerprint density at radius 3 is 2.37 bits per heavy atom. The molecule has 4 rings (SSSR count). The monoisotopic (exact) mass is 380 g/mol. The first-order valence-electron chi connectivity index (χ1n) is 9.30. The van der Waals surface area contributed by atoms with E-state index in [1.807, 2.05) is 16.6 Å². The second-order valence-electron chi connectivity index (χ2n) is 7.39. The molecule has 1 atom stereocenters. The number of aromatic nitrogens is 4. The molecule has 0 bridgehead atoms. The molecule has 0 amide bonds. The first-order valence-corrected chi connectivity index (χ1v) is 9.30. The number of hydrogen-bond donors (Lipinski definition) is 1. The van der Waals surface area contributed by atoms with Crippen LogP contribution in [0.4, 0.5) is 19.0 Å². The van der Waals surface area contributed by atoms with E-state index >= 15 is 0 Å². The standard InChI is InChI=1S/C18H23F3N6/c1-26-17(23-11-24-26)16(12-2-3-12)25-14-6-8-27(9-7-14)15-5-4-13(10-22-15)18(19,20)21/h4-5,10-12,14,16,25H,2-3,6-9H2,1H3. The number of nitrogens with one attached hydrogen (secondary N) is 1. The van der Waals surface area contributed by atoms with Gasteiger partial charge in [0.05, 0.1) is 11.6 Å². The largest absolute Gasteiger partial charge is 0.417 e. The first kappa shape index (κ1) is 18.2. The molecule has 146 valence electrons. The minimum atomic E-state index is -4.35. The fourth-order valence-electron chi connectivity index (χ4n) is 3.71. The van der Waals surface area contributed by atoms with E-state index < -0.39 is 11.7 Å². The molecule has 2 fully saturated rings. The average molecular weight is 380 g/mol. The van der Waals surface area contributed by atoms with Gasteiger partial charge in [0.2, 0.25) is 0 Å². The van der Waals surface area contributed by atoms with Crippen molar-refractivity contribution in [2.45, 2.75) is 43.9 Å². The second-order valence-corrected chi connectivity index (χ2v) is 7.39. The molecule has 0 radical (unpaired) electrons. The number of rotatable bonds is 5. The highest BCUT2D eigenvalue weighted by molar-refractivity contribution is 5.40. The zero-order valence-electron chi connectivity index (χ0n) is 15.2. The van der Waals surface area contributed by atoms with Crippen molar-refractivity contribution in [1.29, 1.82) is 0 Å². The van der Waals surface area contributed by atoms with E-state index in [2.05, 4.69) is 20.4 Å². The summed E-state index contributed by atoms with van der Waals surface area (Å²) in [5, 5.41) is 7.93. The van der Waals surface area contributed by atoms with Crippen LogP contribution < -0.4 is 10.2 Å². The summed E-state index contributed by atoms with van der Waals surface area (Å²) in [5.74, 6) is 2.19. The summed E-state index contributed by atoms with van der Waals surface area (Å²) in [6, 6.07) is 3.14. The van der Waals surface area contributed by atoms with E-state index in [1.54, 1.807) is 6.33 Å². The third-order valence-electron chi connectivity index (χ3n) is 5.43. The minimum absolute atomic E-state index is 0.221. The third kappa shape index (κ3) is 4.07. The van der Waals surface area contributed by atoms with Gasteiger partial charge in [-0.15, -0.1) is 0 Å². The number of anilines is 1. The SMILES string of the molecule is Cn1ncnc1C(NC1CCN(c2ccc(C(F)(F)F)cn2)CC1)C1CC1. The molecule has 1 saturated heterocycles. The first-order chi connectivity index (χ1) is 12.9. The van der Waals surface area contributed by atoms with E-state index in [9.17, 15) is 13.2 Å². The number of halogens is 3. The van der Waals surface area contributed by atoms with Crippen molar-refractivity contribution in [3.05, 3.63) is 36.0 Å². The second kappa shape index (κ2) is 7.10. The number of piperidine rings is 1. The van der Waals surface area contributed by atoms with Crippen LogP contribution in [0.3, 0.4) is 0 Å². The highest BCUT2D eigenvalue weighted by atomic mass is 19.4. The van der Waals surface area contributed by atoms with Gasteiger partial charge >= 0.3 is 6.18 Å². The Hall–Kier alpha value is -2.16. The molecule has 2 aromatic rings. The van der Waals surface area contributed by atoms with Crippen molar-refractivity contribution in [2.24, 2.45) is 13.0 Å². The summed E-state index contributed by atoms with van der Waals surface area (Å²) in [5.41, 5.74) is -0.709. The minimum Gasteiger partial charge on any atom is -0.357 e. The number of alkyl halides is 3. The lowest BCUT2D eigenvalue weighted by molar-refractivity contribution is -0.137. The van der Waals surface area contributed by atoms with Gasteiger partial charge in [-0.05, 0) is 43.7 Å². The lowest BCUT2D eigenvalue weighted by Gasteiger charge is -2.35. The Labute approximate surface area is 155 Å². The van der Waals surface area contributed by atoms with Gasteiger partial charge in [-0.25, -0.2) is 9.97 Å². The number of hydrogen-bond acceptors (Lipinski definition) is 5. The summed E-state index contributed by atoms with van der Waals surface area (Å²) < 4.78 is 39.9. The maximum atomic E-state index is 12.7. The van der Waals surface area contributed by atoms with Gasteiger partial charge in [-0.3, -0.25) is 4.68 Å². The Bertz CT molecular complexity index is 760. The molecule has 9 heteroatoms. The molecule has 1 N–H and O–H groups in total. The van der Waals surface area contributed by atoms with Crippen LogP contribution in [0.2, 0.25) is 0 Å². The third-order valence-corrected chi connectivity index (χ3v) is 5.43. The maximum Gasteiger partial charge on any atom is 0.417 e. The highest BCUT2D eigenvalue weighted by Crippen LogP contribution is 2.41. The lowest BCUT2D eigenvalue weighted by atomic mass is 10.0. The fraction of sp³-hybridized carbons (Fsp3) is 0.611. The van der Waals surface area contributed by atoms with Gasteiger partial charge in [0, 0.05) is 32.4 Å². The van der Waals surface area contributed by atoms with Gasteiger partial charge in [0.15, 0.2) is 0 Å². The Balaban J connectivity index is 1.35. The van der Waals surface area contributed by atoms with Gasteiger partial charge in [0.25, 0.3) is 0 Å². The van der Waals surface area contributed by atoms with E-state index in [1.165, 1.54) is 18.9 Å². The maximum absolute atomic E-state index is 12.7. The summed E-state index contributed by atoms with van der Waals surface area (Å²) in [6.45, 7) is 1.54. The van der Waals surface area contributed by atoms with Crippen molar-refractivity contribution in [3.63, 3.8) is 0 Å². The zero-order valence-corrected chi connectivity index (χ0v) is 15.2. The van der Waals surface area contributed by atoms with Gasteiger partial charge in [-0.1, -0.05) is 0 Å². The molecule has 3 heterocycles. The molecule has 1 unspecified atom stereocenters. The van der Waals surface area contributed by atoms with Crippen molar-refractivity contribution < 1.29 is 13.2 Å². The number of aryl methyl sites for hydroxylation is 1. The van der Waals surface area contributed by atoms with Crippen LogP contribution in [0.5, 0.6) is 0 Å². The van der Waals surface area contributed by atoms with Crippen molar-refractivity contribution in [1.82, 2.24) is 25.1 Å². The quantitative estimate of drug-likeness (QED) is 0.864. The predicted octanol–water partition coefficient (Wildman–Crippen LogP) is 2.94. The van der Waals surface area contributed by atoms with Gasteiger partial charge in [0.1, 0.15) is 18.0 Å². The number of nitrogens with zero attached hydrogens (tertiary/aromatic N) is 5. The molecule has 1 saturated carbocycles. The molecule has 1 aliphatic carbocycles. The molecule has 6 nitrogen and oxygen atoms in total. The Morgan fingerprint density at radius 1 is 1.11 bits per heavy atom. The normalized spacial score (nSPS) is 20.1. The smallest absolute Gasteiger partial charge is 0.357 e. The van der Waals surface area contributed by atoms with E-state index in [0.717, 1.165) is 44.0 Å². The van der Waals surface area contributed by atoms with Crippen LogP contribution in [0.1, 0.15) is 43.1 Å². The van der Waals surface area contributed by atoms with Crippen molar-refractivity contribution in [2.75, 3.05) is 18.0 Å². The Kier molecular flexibility index (Phi) is 4.79. The van der Waals surface area contributed by atoms with Crippen molar-refractivity contribution in [3.8, 4) is 0 Å². The van der Waals surface area contributed by atoms with Crippen LogP contribution in [0.25, 0.3) is 0 Å². The van der Waals surface area contributed by atoms with E-state index in [4.69, 9.17) is 0 Å². The van der Waals surface area contributed by atoms with Gasteiger partial charge in [-0.2, -0.15) is 18.3 Å². The van der Waals surface area contributed by atoms with Crippen LogP contribution >= 0.6 is 0 Å². The van der Waals surface area contributed by atoms with Crippen LogP contribution in [-0.2, 0) is 13.2 Å². The molecule has 2 aliphatic rings. The topological polar surface area (TPSA) is 58.9 Å². The molecule has 0 aromatic carbocycles. The van der Waals surface area contributed by atoms with E-state index in [-0.39, 0.29) is 6.04 Å². The summed E-state index contributed by atoms with van der Waals surface area (Å²) >= 11 is 0. The average Bonchev–Trinajstić information content (AvgIpc) is 3.41. The van der Waals surface area contributed by atoms with Gasteiger partial charge < -0.3 is 10.2 Å².